The van der Waals surface area contributed by atoms with Crippen LogP contribution in [0.1, 0.15) is 21.6 Å². The van der Waals surface area contributed by atoms with E-state index in [1.807, 2.05) is 24.3 Å². The lowest BCUT2D eigenvalue weighted by molar-refractivity contribution is 0.0953. The van der Waals surface area contributed by atoms with Crippen molar-refractivity contribution in [2.45, 2.75) is 13.3 Å². The maximum absolute atomic E-state index is 12.5. The fourth-order valence-electron chi connectivity index (χ4n) is 2.45. The van der Waals surface area contributed by atoms with E-state index in [-0.39, 0.29) is 5.91 Å². The molecule has 0 aliphatic carbocycles. The van der Waals surface area contributed by atoms with Crippen molar-refractivity contribution in [1.82, 2.24) is 10.5 Å². The molecule has 1 aromatic carbocycles. The SMILES string of the molecule is COc1cccc(CCNC(=O)c2c(C)noc2-c2ccco2)c1. The van der Waals surface area contributed by atoms with Gasteiger partial charge in [-0.05, 0) is 43.2 Å². The third-order valence-corrected chi connectivity index (χ3v) is 3.67. The zero-order valence-corrected chi connectivity index (χ0v) is 13.5. The number of methoxy groups -OCH3 is 1. The van der Waals surface area contributed by atoms with Crippen molar-refractivity contribution in [3.8, 4) is 17.3 Å². The molecule has 2 heterocycles. The van der Waals surface area contributed by atoms with E-state index in [1.54, 1.807) is 26.2 Å². The number of benzene rings is 1. The molecule has 1 amide bonds. The quantitative estimate of drug-likeness (QED) is 0.752. The van der Waals surface area contributed by atoms with Gasteiger partial charge in [-0.3, -0.25) is 4.79 Å². The first-order valence-corrected chi connectivity index (χ1v) is 7.60. The zero-order chi connectivity index (χ0) is 16.9. The van der Waals surface area contributed by atoms with Gasteiger partial charge in [-0.1, -0.05) is 17.3 Å². The van der Waals surface area contributed by atoms with E-state index in [9.17, 15) is 4.79 Å². The largest absolute Gasteiger partial charge is 0.497 e. The number of hydrogen-bond donors (Lipinski definition) is 1. The molecule has 3 rings (SSSR count). The molecule has 2 aromatic heterocycles. The zero-order valence-electron chi connectivity index (χ0n) is 13.5. The molecule has 0 radical (unpaired) electrons. The van der Waals surface area contributed by atoms with Crippen molar-refractivity contribution in [3.63, 3.8) is 0 Å². The van der Waals surface area contributed by atoms with Gasteiger partial charge < -0.3 is 19.0 Å². The maximum atomic E-state index is 12.5. The highest BCUT2D eigenvalue weighted by atomic mass is 16.5. The van der Waals surface area contributed by atoms with E-state index >= 15 is 0 Å². The van der Waals surface area contributed by atoms with Gasteiger partial charge in [0.15, 0.2) is 5.76 Å². The highest BCUT2D eigenvalue weighted by Gasteiger charge is 2.23. The Hall–Kier alpha value is -3.02. The summed E-state index contributed by atoms with van der Waals surface area (Å²) < 4.78 is 15.7. The standard InChI is InChI=1S/C18H18N2O4/c1-12-16(17(24-20-12)15-7-4-10-23-15)18(21)19-9-8-13-5-3-6-14(11-13)22-2/h3-7,10-11H,8-9H2,1-2H3,(H,19,21). The van der Waals surface area contributed by atoms with Gasteiger partial charge >= 0.3 is 0 Å². The number of carbonyl (C=O) groups excluding carboxylic acids is 1. The smallest absolute Gasteiger partial charge is 0.257 e. The number of aryl methyl sites for hydroxylation is 1. The lowest BCUT2D eigenvalue weighted by Gasteiger charge is -2.06. The predicted octanol–water partition coefficient (Wildman–Crippen LogP) is 3.22. The summed E-state index contributed by atoms with van der Waals surface area (Å²) in [6.45, 7) is 2.22. The minimum absolute atomic E-state index is 0.233. The molecular formula is C18H18N2O4. The van der Waals surface area contributed by atoms with Gasteiger partial charge in [0.2, 0.25) is 5.76 Å². The fourth-order valence-corrected chi connectivity index (χ4v) is 2.45. The predicted molar refractivity (Wildman–Crippen MR) is 88.0 cm³/mol. The first-order chi connectivity index (χ1) is 11.7. The lowest BCUT2D eigenvalue weighted by Crippen LogP contribution is -2.26. The number of nitrogens with zero attached hydrogens (tertiary/aromatic N) is 1. The van der Waals surface area contributed by atoms with Crippen LogP contribution in [-0.4, -0.2) is 24.7 Å². The van der Waals surface area contributed by atoms with Crippen LogP contribution < -0.4 is 10.1 Å². The van der Waals surface area contributed by atoms with Crippen molar-refractivity contribution in [1.29, 1.82) is 0 Å². The summed E-state index contributed by atoms with van der Waals surface area (Å²) in [5.74, 6) is 1.39. The first kappa shape index (κ1) is 15.9. The second-order valence-corrected chi connectivity index (χ2v) is 5.31. The minimum Gasteiger partial charge on any atom is -0.497 e. The molecule has 6 nitrogen and oxygen atoms in total. The minimum atomic E-state index is -0.233. The Morgan fingerprint density at radius 1 is 1.29 bits per heavy atom. The van der Waals surface area contributed by atoms with Gasteiger partial charge in [0.25, 0.3) is 5.91 Å². The number of furan rings is 1. The summed E-state index contributed by atoms with van der Waals surface area (Å²) in [5.41, 5.74) is 2.01. The van der Waals surface area contributed by atoms with Gasteiger partial charge in [-0.2, -0.15) is 0 Å². The number of hydrogen-bond acceptors (Lipinski definition) is 5. The van der Waals surface area contributed by atoms with Crippen molar-refractivity contribution in [3.05, 3.63) is 59.5 Å². The summed E-state index contributed by atoms with van der Waals surface area (Å²) in [6.07, 6.45) is 2.22. The molecule has 1 N–H and O–H groups in total. The van der Waals surface area contributed by atoms with E-state index in [2.05, 4.69) is 10.5 Å². The van der Waals surface area contributed by atoms with E-state index in [0.717, 1.165) is 11.3 Å². The molecular weight excluding hydrogens is 308 g/mol. The maximum Gasteiger partial charge on any atom is 0.257 e. The van der Waals surface area contributed by atoms with Crippen LogP contribution in [0, 0.1) is 6.92 Å². The fraction of sp³-hybridized carbons (Fsp3) is 0.222. The van der Waals surface area contributed by atoms with E-state index in [0.29, 0.717) is 35.7 Å². The van der Waals surface area contributed by atoms with Crippen LogP contribution in [0.4, 0.5) is 0 Å². The summed E-state index contributed by atoms with van der Waals surface area (Å²) in [6, 6.07) is 11.2. The molecule has 0 unspecified atom stereocenters. The molecule has 6 heteroatoms. The van der Waals surface area contributed by atoms with Crippen LogP contribution in [0.5, 0.6) is 5.75 Å². The third-order valence-electron chi connectivity index (χ3n) is 3.67. The number of rotatable bonds is 6. The van der Waals surface area contributed by atoms with Crippen molar-refractivity contribution in [2.24, 2.45) is 0 Å². The van der Waals surface area contributed by atoms with Crippen LogP contribution in [0.3, 0.4) is 0 Å². The Morgan fingerprint density at radius 2 is 2.17 bits per heavy atom. The van der Waals surface area contributed by atoms with Crippen LogP contribution in [0.15, 0.2) is 51.6 Å². The Labute approximate surface area is 139 Å². The summed E-state index contributed by atoms with van der Waals surface area (Å²) in [7, 11) is 1.63. The normalized spacial score (nSPS) is 10.6. The number of amides is 1. The van der Waals surface area contributed by atoms with Crippen molar-refractivity contribution in [2.75, 3.05) is 13.7 Å². The van der Waals surface area contributed by atoms with Crippen LogP contribution in [0.2, 0.25) is 0 Å². The second-order valence-electron chi connectivity index (χ2n) is 5.31. The second kappa shape index (κ2) is 7.04. The average molecular weight is 326 g/mol. The molecule has 0 saturated carbocycles. The molecule has 0 atom stereocenters. The molecule has 0 bridgehead atoms. The first-order valence-electron chi connectivity index (χ1n) is 7.60. The number of carbonyl (C=O) groups is 1. The van der Waals surface area contributed by atoms with Crippen LogP contribution in [0.25, 0.3) is 11.5 Å². The molecule has 3 aromatic rings. The topological polar surface area (TPSA) is 77.5 Å². The molecule has 0 aliphatic heterocycles. The molecule has 0 spiro atoms. The molecule has 24 heavy (non-hydrogen) atoms. The molecule has 0 fully saturated rings. The highest BCUT2D eigenvalue weighted by Crippen LogP contribution is 2.26. The molecule has 0 aliphatic rings. The Kier molecular flexibility index (Phi) is 4.65. The number of aromatic nitrogens is 1. The summed E-state index contributed by atoms with van der Waals surface area (Å²) >= 11 is 0. The number of ether oxygens (including phenoxy) is 1. The van der Waals surface area contributed by atoms with Gasteiger partial charge in [0.05, 0.1) is 19.1 Å². The van der Waals surface area contributed by atoms with Crippen molar-refractivity contribution >= 4 is 5.91 Å². The molecule has 0 saturated heterocycles. The van der Waals surface area contributed by atoms with E-state index in [4.69, 9.17) is 13.7 Å². The van der Waals surface area contributed by atoms with Crippen LogP contribution in [-0.2, 0) is 6.42 Å². The molecule has 124 valence electrons. The van der Waals surface area contributed by atoms with E-state index < -0.39 is 0 Å². The summed E-state index contributed by atoms with van der Waals surface area (Å²) in [4.78, 5) is 12.5. The highest BCUT2D eigenvalue weighted by molar-refractivity contribution is 6.00. The van der Waals surface area contributed by atoms with Crippen LogP contribution >= 0.6 is 0 Å². The van der Waals surface area contributed by atoms with Gasteiger partial charge in [0, 0.05) is 6.54 Å². The van der Waals surface area contributed by atoms with Crippen molar-refractivity contribution < 1.29 is 18.5 Å². The summed E-state index contributed by atoms with van der Waals surface area (Å²) in [5, 5.41) is 6.76. The van der Waals surface area contributed by atoms with Gasteiger partial charge in [0.1, 0.15) is 11.3 Å². The average Bonchev–Trinajstić information content (AvgIpc) is 3.24. The monoisotopic (exact) mass is 326 g/mol. The Bertz CT molecular complexity index is 821. The third kappa shape index (κ3) is 3.32. The van der Waals surface area contributed by atoms with Gasteiger partial charge in [-0.15, -0.1) is 0 Å². The van der Waals surface area contributed by atoms with Gasteiger partial charge in [-0.25, -0.2) is 0 Å². The van der Waals surface area contributed by atoms with E-state index in [1.165, 1.54) is 6.26 Å². The Morgan fingerprint density at radius 3 is 2.92 bits per heavy atom. The number of nitrogens with one attached hydrogen (secondary N) is 1. The Balaban J connectivity index is 1.66. The lowest BCUT2D eigenvalue weighted by atomic mass is 10.1.